The van der Waals surface area contributed by atoms with Gasteiger partial charge in [0, 0.05) is 19.7 Å². The predicted octanol–water partition coefficient (Wildman–Crippen LogP) is 2.33. The van der Waals surface area contributed by atoms with Gasteiger partial charge >= 0.3 is 0 Å². The van der Waals surface area contributed by atoms with Crippen LogP contribution in [-0.2, 0) is 16.1 Å². The van der Waals surface area contributed by atoms with E-state index in [0.717, 1.165) is 31.6 Å². The van der Waals surface area contributed by atoms with Crippen molar-refractivity contribution in [3.8, 4) is 5.75 Å². The summed E-state index contributed by atoms with van der Waals surface area (Å²) in [5.41, 5.74) is 0.248. The number of rotatable bonds is 7. The molecule has 148 valence electrons. The molecule has 0 saturated carbocycles. The normalized spacial score (nSPS) is 15.6. The van der Waals surface area contributed by atoms with Crippen LogP contribution in [0.25, 0.3) is 0 Å². The van der Waals surface area contributed by atoms with Crippen molar-refractivity contribution >= 4 is 24.0 Å². The molecule has 0 radical (unpaired) electrons. The van der Waals surface area contributed by atoms with Crippen LogP contribution in [0, 0.1) is 12.3 Å². The Morgan fingerprint density at radius 3 is 2.59 bits per heavy atom. The molecule has 0 unspecified atom stereocenters. The largest absolute Gasteiger partial charge is 0.485 e. The van der Waals surface area contributed by atoms with E-state index < -0.39 is 5.41 Å². The van der Waals surface area contributed by atoms with E-state index in [9.17, 15) is 4.79 Å². The molecule has 0 spiro atoms. The Balaban J connectivity index is 0.00000261. The highest BCUT2D eigenvalue weighted by Gasteiger charge is 2.39. The lowest BCUT2D eigenvalue weighted by molar-refractivity contribution is -0.130. The quantitative estimate of drug-likeness (QED) is 0.741. The summed E-state index contributed by atoms with van der Waals surface area (Å²) in [6.45, 7) is 4.02. The Kier molecular flexibility index (Phi) is 7.58. The average molecular weight is 397 g/mol. The highest BCUT2D eigenvalue weighted by atomic mass is 35.5. The zero-order chi connectivity index (χ0) is 18.4. The number of ether oxygens (including phenoxy) is 2. The molecule has 1 aliphatic heterocycles. The number of methoxy groups -OCH3 is 1. The number of aryl methyl sites for hydroxylation is 1. The van der Waals surface area contributed by atoms with Gasteiger partial charge in [-0.3, -0.25) is 4.79 Å². The summed E-state index contributed by atoms with van der Waals surface area (Å²) in [5.74, 6) is 1.66. The van der Waals surface area contributed by atoms with Gasteiger partial charge in [-0.15, -0.1) is 12.4 Å². The van der Waals surface area contributed by atoms with Gasteiger partial charge in [0.25, 0.3) is 0 Å². The molecule has 9 heteroatoms. The third-order valence-corrected chi connectivity index (χ3v) is 4.51. The van der Waals surface area contributed by atoms with Crippen molar-refractivity contribution in [1.29, 1.82) is 0 Å². The second-order valence-corrected chi connectivity index (χ2v) is 6.46. The topological polar surface area (TPSA) is 98.5 Å². The molecule has 1 amide bonds. The van der Waals surface area contributed by atoms with E-state index in [4.69, 9.17) is 14.0 Å². The van der Waals surface area contributed by atoms with E-state index >= 15 is 0 Å². The highest BCUT2D eigenvalue weighted by molar-refractivity contribution is 5.95. The maximum absolute atomic E-state index is 12.8. The second kappa shape index (κ2) is 9.68. The van der Waals surface area contributed by atoms with E-state index in [1.165, 1.54) is 0 Å². The molecule has 2 N–H and O–H groups in total. The van der Waals surface area contributed by atoms with Crippen molar-refractivity contribution in [2.75, 3.05) is 32.1 Å². The van der Waals surface area contributed by atoms with Crippen LogP contribution in [0.3, 0.4) is 0 Å². The fourth-order valence-corrected chi connectivity index (χ4v) is 3.06. The molecule has 0 aliphatic carbocycles. The van der Waals surface area contributed by atoms with E-state index in [2.05, 4.69) is 20.8 Å². The van der Waals surface area contributed by atoms with Crippen LogP contribution in [0.2, 0.25) is 0 Å². The number of anilines is 1. The monoisotopic (exact) mass is 396 g/mol. The minimum absolute atomic E-state index is 0. The summed E-state index contributed by atoms with van der Waals surface area (Å²) in [6.07, 6.45) is 1.52. The number of carbonyl (C=O) groups excluding carboxylic acids is 1. The summed E-state index contributed by atoms with van der Waals surface area (Å²) in [4.78, 5) is 16.9. The molecule has 8 nitrogen and oxygen atoms in total. The molecule has 2 heterocycles. The molecule has 1 fully saturated rings. The fraction of sp³-hybridized carbons (Fsp3) is 0.500. The summed E-state index contributed by atoms with van der Waals surface area (Å²) >= 11 is 0. The lowest BCUT2D eigenvalue weighted by atomic mass is 9.78. The minimum atomic E-state index is -0.481. The average Bonchev–Trinajstić information content (AvgIpc) is 3.07. The number of carbonyl (C=O) groups is 1. The molecular weight excluding hydrogens is 372 g/mol. The number of benzene rings is 1. The zero-order valence-corrected chi connectivity index (χ0v) is 16.3. The van der Waals surface area contributed by atoms with Gasteiger partial charge in [0.15, 0.2) is 6.61 Å². The first-order valence-corrected chi connectivity index (χ1v) is 8.64. The first-order valence-electron chi connectivity index (χ1n) is 8.64. The molecule has 0 atom stereocenters. The Hall–Kier alpha value is -2.16. The van der Waals surface area contributed by atoms with Gasteiger partial charge in [-0.05, 0) is 50.2 Å². The summed E-state index contributed by atoms with van der Waals surface area (Å²) in [7, 11) is 1.63. The van der Waals surface area contributed by atoms with Gasteiger partial charge in [-0.1, -0.05) is 5.16 Å². The van der Waals surface area contributed by atoms with Crippen LogP contribution in [0.1, 0.15) is 24.6 Å². The summed E-state index contributed by atoms with van der Waals surface area (Å²) in [5, 5.41) is 10.1. The Morgan fingerprint density at radius 2 is 2.00 bits per heavy atom. The van der Waals surface area contributed by atoms with Gasteiger partial charge in [-0.25, -0.2) is 0 Å². The Labute approximate surface area is 164 Å². The van der Waals surface area contributed by atoms with Gasteiger partial charge in [-0.2, -0.15) is 4.98 Å². The molecule has 1 aromatic heterocycles. The molecular formula is C18H25ClN4O4. The molecule has 1 aliphatic rings. The Bertz CT molecular complexity index is 724. The number of aromatic nitrogens is 2. The number of amides is 1. The third kappa shape index (κ3) is 5.41. The third-order valence-electron chi connectivity index (χ3n) is 4.51. The fourth-order valence-electron chi connectivity index (χ4n) is 3.06. The van der Waals surface area contributed by atoms with E-state index in [-0.39, 0.29) is 24.9 Å². The molecule has 3 rings (SSSR count). The van der Waals surface area contributed by atoms with Crippen molar-refractivity contribution < 1.29 is 18.8 Å². The van der Waals surface area contributed by atoms with Crippen molar-refractivity contribution in [3.63, 3.8) is 0 Å². The smallest absolute Gasteiger partial charge is 0.233 e. The minimum Gasteiger partial charge on any atom is -0.485 e. The van der Waals surface area contributed by atoms with E-state index in [1.807, 2.05) is 12.1 Å². The number of nitrogens with one attached hydrogen (secondary N) is 2. The van der Waals surface area contributed by atoms with Crippen molar-refractivity contribution in [2.45, 2.75) is 26.4 Å². The van der Waals surface area contributed by atoms with Gasteiger partial charge in [0.2, 0.25) is 17.6 Å². The summed E-state index contributed by atoms with van der Waals surface area (Å²) in [6, 6.07) is 7.23. The second-order valence-electron chi connectivity index (χ2n) is 6.46. The molecule has 2 aromatic rings. The maximum atomic E-state index is 12.8. The van der Waals surface area contributed by atoms with Crippen LogP contribution in [-0.4, -0.2) is 42.9 Å². The number of hydrogen-bond donors (Lipinski definition) is 2. The van der Waals surface area contributed by atoms with E-state index in [1.54, 1.807) is 26.2 Å². The van der Waals surface area contributed by atoms with Crippen LogP contribution in [0.15, 0.2) is 28.8 Å². The maximum Gasteiger partial charge on any atom is 0.233 e. The van der Waals surface area contributed by atoms with Gasteiger partial charge < -0.3 is 24.6 Å². The molecule has 1 saturated heterocycles. The van der Waals surface area contributed by atoms with Crippen LogP contribution in [0.5, 0.6) is 5.75 Å². The SMILES string of the molecule is COCC1(C(=O)Nc2ccc(OCc3noc(C)n3)cc2)CCNCC1.Cl. The zero-order valence-electron chi connectivity index (χ0n) is 15.5. The van der Waals surface area contributed by atoms with Crippen LogP contribution < -0.4 is 15.4 Å². The molecule has 1 aromatic carbocycles. The van der Waals surface area contributed by atoms with Gasteiger partial charge in [0.05, 0.1) is 12.0 Å². The van der Waals surface area contributed by atoms with Crippen molar-refractivity contribution in [1.82, 2.24) is 15.5 Å². The first kappa shape index (κ1) is 21.1. The Morgan fingerprint density at radius 1 is 1.30 bits per heavy atom. The standard InChI is InChI=1S/C18H24N4O4.ClH/c1-13-20-16(22-26-13)11-25-15-5-3-14(4-6-15)21-17(23)18(12-24-2)7-9-19-10-8-18;/h3-6,19H,7-12H2,1-2H3,(H,21,23);1H. The van der Waals surface area contributed by atoms with Crippen LogP contribution >= 0.6 is 12.4 Å². The molecule has 27 heavy (non-hydrogen) atoms. The summed E-state index contributed by atoms with van der Waals surface area (Å²) < 4.78 is 15.8. The predicted molar refractivity (Wildman–Crippen MR) is 102 cm³/mol. The van der Waals surface area contributed by atoms with Crippen molar-refractivity contribution in [3.05, 3.63) is 36.0 Å². The number of halogens is 1. The first-order chi connectivity index (χ1) is 12.6. The lowest BCUT2D eigenvalue weighted by Crippen LogP contribution is -2.47. The van der Waals surface area contributed by atoms with E-state index in [0.29, 0.717) is 24.1 Å². The molecule has 0 bridgehead atoms. The highest BCUT2D eigenvalue weighted by Crippen LogP contribution is 2.31. The number of hydrogen-bond acceptors (Lipinski definition) is 7. The van der Waals surface area contributed by atoms with Crippen molar-refractivity contribution in [2.24, 2.45) is 5.41 Å². The lowest BCUT2D eigenvalue weighted by Gasteiger charge is -2.35. The van der Waals surface area contributed by atoms with Gasteiger partial charge in [0.1, 0.15) is 5.75 Å². The number of piperidine rings is 1. The van der Waals surface area contributed by atoms with Crippen LogP contribution in [0.4, 0.5) is 5.69 Å². The number of nitrogens with zero attached hydrogens (tertiary/aromatic N) is 2.